The van der Waals surface area contributed by atoms with E-state index in [-0.39, 0.29) is 17.9 Å². The highest BCUT2D eigenvalue weighted by Gasteiger charge is 2.27. The predicted octanol–water partition coefficient (Wildman–Crippen LogP) is 3.98. The van der Waals surface area contributed by atoms with Crippen LogP contribution in [0.25, 0.3) is 0 Å². The van der Waals surface area contributed by atoms with Crippen LogP contribution in [0.15, 0.2) is 78.2 Å². The lowest BCUT2D eigenvalue weighted by Crippen LogP contribution is -2.48. The number of amides is 1. The molecule has 0 saturated carbocycles. The van der Waals surface area contributed by atoms with Crippen LogP contribution in [-0.2, 0) is 4.79 Å². The van der Waals surface area contributed by atoms with Crippen LogP contribution < -0.4 is 5.32 Å². The van der Waals surface area contributed by atoms with Gasteiger partial charge in [0, 0.05) is 37.6 Å². The Morgan fingerprint density at radius 2 is 1.50 bits per heavy atom. The van der Waals surface area contributed by atoms with Gasteiger partial charge >= 0.3 is 0 Å². The van der Waals surface area contributed by atoms with E-state index in [0.29, 0.717) is 6.54 Å². The summed E-state index contributed by atoms with van der Waals surface area (Å²) in [6.45, 7) is 4.80. The Kier molecular flexibility index (Phi) is 6.95. The number of carbonyl (C=O) groups is 1. The number of hydrogen-bond acceptors (Lipinski definition) is 4. The summed E-state index contributed by atoms with van der Waals surface area (Å²) in [4.78, 5) is 19.6. The third-order valence-electron chi connectivity index (χ3n) is 5.85. The number of nitrogens with one attached hydrogen (secondary N) is 1. The Balaban J connectivity index is 1.52. The summed E-state index contributed by atoms with van der Waals surface area (Å²) < 4.78 is 0. The summed E-state index contributed by atoms with van der Waals surface area (Å²) in [5.41, 5.74) is 2.04. The third-order valence-corrected chi connectivity index (χ3v) is 6.82. The molecule has 0 radical (unpaired) electrons. The van der Waals surface area contributed by atoms with E-state index >= 15 is 0 Å². The second-order valence-corrected chi connectivity index (χ2v) is 8.85. The van der Waals surface area contributed by atoms with E-state index in [0.717, 1.165) is 37.3 Å². The second-order valence-electron chi connectivity index (χ2n) is 7.87. The molecule has 3 aromatic rings. The predicted molar refractivity (Wildman–Crippen MR) is 124 cm³/mol. The maximum atomic E-state index is 13.4. The van der Waals surface area contributed by atoms with E-state index in [2.05, 4.69) is 39.7 Å². The monoisotopic (exact) mass is 419 g/mol. The van der Waals surface area contributed by atoms with Crippen LogP contribution in [0.2, 0.25) is 0 Å². The Morgan fingerprint density at radius 1 is 0.900 bits per heavy atom. The fourth-order valence-electron chi connectivity index (χ4n) is 4.11. The maximum absolute atomic E-state index is 13.4. The first-order valence-corrected chi connectivity index (χ1v) is 11.4. The number of carbonyl (C=O) groups excluding carboxylic acids is 1. The first-order valence-electron chi connectivity index (χ1n) is 10.6. The van der Waals surface area contributed by atoms with Crippen LogP contribution in [0.4, 0.5) is 0 Å². The zero-order chi connectivity index (χ0) is 20.8. The summed E-state index contributed by atoms with van der Waals surface area (Å²) in [6, 6.07) is 24.6. The zero-order valence-corrected chi connectivity index (χ0v) is 18.2. The first kappa shape index (κ1) is 20.8. The molecule has 2 heterocycles. The first-order chi connectivity index (χ1) is 14.7. The molecule has 0 spiro atoms. The maximum Gasteiger partial charge on any atom is 0.232 e. The van der Waals surface area contributed by atoms with Crippen LogP contribution in [0.1, 0.15) is 28.0 Å². The lowest BCUT2D eigenvalue weighted by molar-refractivity contribution is -0.122. The molecule has 1 saturated heterocycles. The van der Waals surface area contributed by atoms with Crippen LogP contribution in [0.5, 0.6) is 0 Å². The Hall–Kier alpha value is -2.47. The van der Waals surface area contributed by atoms with Crippen LogP contribution in [0, 0.1) is 0 Å². The molecule has 4 nitrogen and oxygen atoms in total. The molecule has 156 valence electrons. The minimum atomic E-state index is -0.302. The molecule has 1 atom stereocenters. The van der Waals surface area contributed by atoms with Crippen molar-refractivity contribution in [1.82, 2.24) is 15.1 Å². The smallest absolute Gasteiger partial charge is 0.232 e. The largest absolute Gasteiger partial charge is 0.353 e. The molecule has 0 bridgehead atoms. The summed E-state index contributed by atoms with van der Waals surface area (Å²) >= 11 is 1.77. The number of rotatable bonds is 7. The fraction of sp³-hybridized carbons (Fsp3) is 0.320. The average molecular weight is 420 g/mol. The number of thiophene rings is 1. The highest BCUT2D eigenvalue weighted by Crippen LogP contribution is 2.28. The Bertz CT molecular complexity index is 867. The van der Waals surface area contributed by atoms with Crippen molar-refractivity contribution in [2.24, 2.45) is 0 Å². The molecule has 1 aromatic heterocycles. The van der Waals surface area contributed by atoms with Gasteiger partial charge in [0.25, 0.3) is 0 Å². The highest BCUT2D eigenvalue weighted by molar-refractivity contribution is 7.10. The van der Waals surface area contributed by atoms with E-state index < -0.39 is 0 Å². The van der Waals surface area contributed by atoms with Crippen molar-refractivity contribution in [3.8, 4) is 0 Å². The van der Waals surface area contributed by atoms with Crippen LogP contribution in [-0.4, -0.2) is 55.5 Å². The van der Waals surface area contributed by atoms with Crippen molar-refractivity contribution >= 4 is 17.2 Å². The number of hydrogen-bond donors (Lipinski definition) is 1. The van der Waals surface area contributed by atoms with Gasteiger partial charge in [0.05, 0.1) is 12.0 Å². The minimum absolute atomic E-state index is 0.0584. The van der Waals surface area contributed by atoms with Crippen molar-refractivity contribution in [3.05, 3.63) is 94.2 Å². The lowest BCUT2D eigenvalue weighted by Gasteiger charge is -2.37. The number of piperazine rings is 1. The van der Waals surface area contributed by atoms with E-state index in [9.17, 15) is 4.79 Å². The molecule has 30 heavy (non-hydrogen) atoms. The molecule has 1 amide bonds. The van der Waals surface area contributed by atoms with Crippen molar-refractivity contribution in [2.45, 2.75) is 12.0 Å². The van der Waals surface area contributed by atoms with Crippen molar-refractivity contribution in [1.29, 1.82) is 0 Å². The van der Waals surface area contributed by atoms with Gasteiger partial charge in [0.15, 0.2) is 0 Å². The second kappa shape index (κ2) is 10.0. The Morgan fingerprint density at radius 3 is 2.03 bits per heavy atom. The van der Waals surface area contributed by atoms with Gasteiger partial charge in [-0.15, -0.1) is 11.3 Å². The number of nitrogens with zero attached hydrogens (tertiary/aromatic N) is 2. The zero-order valence-electron chi connectivity index (χ0n) is 17.4. The van der Waals surface area contributed by atoms with Gasteiger partial charge in [-0.3, -0.25) is 9.69 Å². The molecular weight excluding hydrogens is 390 g/mol. The fourth-order valence-corrected chi connectivity index (χ4v) is 4.97. The molecular formula is C25H29N3OS. The molecule has 4 rings (SSSR count). The van der Waals surface area contributed by atoms with Crippen LogP contribution in [0.3, 0.4) is 0 Å². The van der Waals surface area contributed by atoms with Crippen molar-refractivity contribution < 1.29 is 4.79 Å². The number of benzene rings is 2. The summed E-state index contributed by atoms with van der Waals surface area (Å²) in [5, 5.41) is 5.41. The van der Waals surface area contributed by atoms with E-state index in [1.807, 2.05) is 60.7 Å². The van der Waals surface area contributed by atoms with Gasteiger partial charge in [-0.2, -0.15) is 0 Å². The van der Waals surface area contributed by atoms with E-state index in [1.54, 1.807) is 11.3 Å². The molecule has 1 aliphatic heterocycles. The molecule has 1 N–H and O–H groups in total. The number of likely N-dealkylation sites (N-methyl/N-ethyl adjacent to an activating group) is 1. The van der Waals surface area contributed by atoms with Gasteiger partial charge in [-0.1, -0.05) is 66.7 Å². The molecule has 2 aromatic carbocycles. The third kappa shape index (κ3) is 4.98. The summed E-state index contributed by atoms with van der Waals surface area (Å²) in [6.07, 6.45) is 0. The van der Waals surface area contributed by atoms with E-state index in [1.165, 1.54) is 4.88 Å². The van der Waals surface area contributed by atoms with E-state index in [4.69, 9.17) is 0 Å². The molecule has 0 aliphatic carbocycles. The highest BCUT2D eigenvalue weighted by atomic mass is 32.1. The average Bonchev–Trinajstić information content (AvgIpc) is 3.31. The normalized spacial score (nSPS) is 16.5. The summed E-state index contributed by atoms with van der Waals surface area (Å²) in [5.74, 6) is -0.244. The SMILES string of the molecule is CN1CCN([C@H](CNC(=O)C(c2ccccc2)c2ccccc2)c2cccs2)CC1. The summed E-state index contributed by atoms with van der Waals surface area (Å²) in [7, 11) is 2.17. The molecule has 5 heteroatoms. The van der Waals surface area contributed by atoms with Crippen molar-refractivity contribution in [3.63, 3.8) is 0 Å². The topological polar surface area (TPSA) is 35.6 Å². The molecule has 1 aliphatic rings. The van der Waals surface area contributed by atoms with Gasteiger partial charge in [-0.25, -0.2) is 0 Å². The lowest BCUT2D eigenvalue weighted by atomic mass is 9.90. The standard InChI is InChI=1S/C25H29N3OS/c1-27-14-16-28(17-15-27)22(23-13-8-18-30-23)19-26-25(29)24(20-9-4-2-5-10-20)21-11-6-3-7-12-21/h2-13,18,22,24H,14-17,19H2,1H3,(H,26,29)/t22-/m1/s1. The van der Waals surface area contributed by atoms with Crippen LogP contribution >= 0.6 is 11.3 Å². The van der Waals surface area contributed by atoms with Gasteiger partial charge in [0.2, 0.25) is 5.91 Å². The Labute approximate surface area is 183 Å². The van der Waals surface area contributed by atoms with Gasteiger partial charge < -0.3 is 10.2 Å². The quantitative estimate of drug-likeness (QED) is 0.629. The van der Waals surface area contributed by atoms with Gasteiger partial charge in [-0.05, 0) is 29.6 Å². The van der Waals surface area contributed by atoms with Gasteiger partial charge in [0.1, 0.15) is 0 Å². The molecule has 0 unspecified atom stereocenters. The molecule has 1 fully saturated rings. The minimum Gasteiger partial charge on any atom is -0.353 e. The van der Waals surface area contributed by atoms with Crippen molar-refractivity contribution in [2.75, 3.05) is 39.8 Å².